The van der Waals surface area contributed by atoms with Gasteiger partial charge >= 0.3 is 0 Å². The Morgan fingerprint density at radius 1 is 1.47 bits per heavy atom. The van der Waals surface area contributed by atoms with Gasteiger partial charge in [-0.25, -0.2) is 13.1 Å². The Hall–Kier alpha value is -0.890. The van der Waals surface area contributed by atoms with Crippen LogP contribution in [0.5, 0.6) is 0 Å². The fourth-order valence-electron chi connectivity index (χ4n) is 1.85. The van der Waals surface area contributed by atoms with Gasteiger partial charge in [-0.15, -0.1) is 0 Å². The molecular formula is C11H15ClN2O4S. The van der Waals surface area contributed by atoms with Gasteiger partial charge in [0, 0.05) is 19.3 Å². The van der Waals surface area contributed by atoms with Gasteiger partial charge in [-0.05, 0) is 30.7 Å². The molecule has 0 unspecified atom stereocenters. The summed E-state index contributed by atoms with van der Waals surface area (Å²) in [5, 5.41) is 8.75. The molecule has 1 aromatic rings. The van der Waals surface area contributed by atoms with E-state index in [4.69, 9.17) is 16.7 Å². The van der Waals surface area contributed by atoms with E-state index in [1.54, 1.807) is 0 Å². The van der Waals surface area contributed by atoms with Crippen LogP contribution >= 0.6 is 11.6 Å². The Bertz CT molecular complexity index is 622. The molecule has 1 aromatic heterocycles. The highest BCUT2D eigenvalue weighted by Crippen LogP contribution is 2.48. The van der Waals surface area contributed by atoms with Crippen LogP contribution in [0.3, 0.4) is 0 Å². The van der Waals surface area contributed by atoms with Gasteiger partial charge in [0.2, 0.25) is 10.0 Å². The van der Waals surface area contributed by atoms with Crippen molar-refractivity contribution in [3.05, 3.63) is 27.6 Å². The van der Waals surface area contributed by atoms with Crippen LogP contribution in [0, 0.1) is 5.41 Å². The molecule has 1 aliphatic rings. The van der Waals surface area contributed by atoms with Gasteiger partial charge in [0.05, 0.1) is 4.90 Å². The smallest absolute Gasteiger partial charge is 0.266 e. The zero-order valence-corrected chi connectivity index (χ0v) is 11.7. The number of H-pyrrole nitrogens is 1. The molecule has 2 rings (SSSR count). The molecule has 1 heterocycles. The third-order valence-electron chi connectivity index (χ3n) is 3.38. The Kier molecular flexibility index (Phi) is 4.00. The maximum Gasteiger partial charge on any atom is 0.266 e. The normalized spacial score (nSPS) is 17.4. The van der Waals surface area contributed by atoms with Gasteiger partial charge in [0.25, 0.3) is 5.56 Å². The second-order valence-electron chi connectivity index (χ2n) is 4.81. The highest BCUT2D eigenvalue weighted by atomic mass is 35.5. The molecule has 106 valence electrons. The lowest BCUT2D eigenvalue weighted by molar-refractivity contribution is 0.249. The van der Waals surface area contributed by atoms with Gasteiger partial charge in [0.1, 0.15) is 5.02 Å². The van der Waals surface area contributed by atoms with E-state index in [0.717, 1.165) is 25.1 Å². The molecule has 1 aliphatic carbocycles. The van der Waals surface area contributed by atoms with E-state index in [2.05, 4.69) is 9.71 Å². The fraction of sp³-hybridized carbons (Fsp3) is 0.545. The number of aromatic amines is 1. The first-order valence-corrected chi connectivity index (χ1v) is 7.73. The number of rotatable bonds is 6. The molecule has 19 heavy (non-hydrogen) atoms. The van der Waals surface area contributed by atoms with Crippen molar-refractivity contribution in [1.29, 1.82) is 0 Å². The van der Waals surface area contributed by atoms with Crippen molar-refractivity contribution in [2.24, 2.45) is 5.41 Å². The van der Waals surface area contributed by atoms with Gasteiger partial charge in [0.15, 0.2) is 0 Å². The van der Waals surface area contributed by atoms with E-state index in [1.807, 2.05) is 0 Å². The van der Waals surface area contributed by atoms with Gasteiger partial charge in [-0.1, -0.05) is 11.6 Å². The number of hydrogen-bond acceptors (Lipinski definition) is 4. The summed E-state index contributed by atoms with van der Waals surface area (Å²) in [6, 6.07) is 1.12. The third kappa shape index (κ3) is 3.36. The van der Waals surface area contributed by atoms with E-state index >= 15 is 0 Å². The summed E-state index contributed by atoms with van der Waals surface area (Å²) in [5.41, 5.74) is -0.645. The SMILES string of the molecule is O=c1[nH]cc(S(=O)(=O)NCC2(CCO)CC2)cc1Cl. The quantitative estimate of drug-likeness (QED) is 0.711. The Balaban J connectivity index is 2.10. The number of hydrogen-bond donors (Lipinski definition) is 3. The molecule has 0 radical (unpaired) electrons. The summed E-state index contributed by atoms with van der Waals surface area (Å²) >= 11 is 5.60. The predicted molar refractivity (Wildman–Crippen MR) is 70.6 cm³/mol. The Morgan fingerprint density at radius 3 is 2.68 bits per heavy atom. The maximum absolute atomic E-state index is 12.0. The first-order valence-electron chi connectivity index (χ1n) is 5.87. The molecule has 8 heteroatoms. The number of sulfonamides is 1. The standard InChI is InChI=1S/C11H15ClN2O4S/c12-9-5-8(6-13-10(9)16)19(17,18)14-7-11(1-2-11)3-4-15/h5-6,14-15H,1-4,7H2,(H,13,16). The molecule has 0 aromatic carbocycles. The fourth-order valence-corrected chi connectivity index (χ4v) is 3.24. The summed E-state index contributed by atoms with van der Waals surface area (Å²) < 4.78 is 26.5. The molecule has 0 spiro atoms. The number of aliphatic hydroxyl groups excluding tert-OH is 1. The van der Waals surface area contributed by atoms with Crippen molar-refractivity contribution in [3.63, 3.8) is 0 Å². The van der Waals surface area contributed by atoms with Crippen molar-refractivity contribution < 1.29 is 13.5 Å². The zero-order chi connectivity index (χ0) is 14.1. The number of aromatic nitrogens is 1. The minimum absolute atomic E-state index is 0.0478. The maximum atomic E-state index is 12.0. The number of aliphatic hydroxyl groups is 1. The van der Waals surface area contributed by atoms with Crippen molar-refractivity contribution in [1.82, 2.24) is 9.71 Å². The summed E-state index contributed by atoms with van der Waals surface area (Å²) in [4.78, 5) is 13.3. The van der Waals surface area contributed by atoms with E-state index < -0.39 is 15.6 Å². The van der Waals surface area contributed by atoms with Crippen LogP contribution in [0.1, 0.15) is 19.3 Å². The number of nitrogens with one attached hydrogen (secondary N) is 2. The molecule has 0 saturated heterocycles. The van der Waals surface area contributed by atoms with Crippen LogP contribution in [-0.2, 0) is 10.0 Å². The van der Waals surface area contributed by atoms with E-state index in [9.17, 15) is 13.2 Å². The molecule has 1 saturated carbocycles. The largest absolute Gasteiger partial charge is 0.396 e. The average molecular weight is 307 g/mol. The number of pyridine rings is 1. The highest BCUT2D eigenvalue weighted by Gasteiger charge is 2.42. The van der Waals surface area contributed by atoms with Crippen LogP contribution in [0.4, 0.5) is 0 Å². The first-order chi connectivity index (χ1) is 8.88. The summed E-state index contributed by atoms with van der Waals surface area (Å²) in [7, 11) is -3.70. The minimum Gasteiger partial charge on any atom is -0.396 e. The van der Waals surface area contributed by atoms with Gasteiger partial charge < -0.3 is 10.1 Å². The van der Waals surface area contributed by atoms with E-state index in [-0.39, 0.29) is 28.5 Å². The van der Waals surface area contributed by atoms with Crippen LogP contribution in [0.2, 0.25) is 5.02 Å². The van der Waals surface area contributed by atoms with Crippen LogP contribution < -0.4 is 10.3 Å². The van der Waals surface area contributed by atoms with Crippen molar-refractivity contribution >= 4 is 21.6 Å². The lowest BCUT2D eigenvalue weighted by Gasteiger charge is -2.14. The minimum atomic E-state index is -3.70. The monoisotopic (exact) mass is 306 g/mol. The predicted octanol–water partition coefficient (Wildman–Crippen LogP) is 0.469. The zero-order valence-electron chi connectivity index (χ0n) is 10.1. The van der Waals surface area contributed by atoms with Crippen LogP contribution in [-0.4, -0.2) is 31.7 Å². The number of halogens is 1. The summed E-state index contributed by atoms with van der Waals surface area (Å²) in [6.45, 7) is 0.332. The second kappa shape index (κ2) is 5.24. The van der Waals surface area contributed by atoms with Crippen LogP contribution in [0.15, 0.2) is 22.0 Å². The van der Waals surface area contributed by atoms with Crippen molar-refractivity contribution in [3.8, 4) is 0 Å². The third-order valence-corrected chi connectivity index (χ3v) is 5.04. The van der Waals surface area contributed by atoms with Crippen LogP contribution in [0.25, 0.3) is 0 Å². The Morgan fingerprint density at radius 2 is 2.16 bits per heavy atom. The first kappa shape index (κ1) is 14.5. The van der Waals surface area contributed by atoms with Crippen molar-refractivity contribution in [2.75, 3.05) is 13.2 Å². The molecule has 3 N–H and O–H groups in total. The van der Waals surface area contributed by atoms with Gasteiger partial charge in [-0.2, -0.15) is 0 Å². The molecule has 1 fully saturated rings. The Labute approximate surface area is 115 Å². The van der Waals surface area contributed by atoms with Crippen molar-refractivity contribution in [2.45, 2.75) is 24.2 Å². The highest BCUT2D eigenvalue weighted by molar-refractivity contribution is 7.89. The average Bonchev–Trinajstić information content (AvgIpc) is 3.11. The molecule has 0 amide bonds. The van der Waals surface area contributed by atoms with Gasteiger partial charge in [-0.3, -0.25) is 4.79 Å². The molecule has 6 nitrogen and oxygen atoms in total. The lowest BCUT2D eigenvalue weighted by Crippen LogP contribution is -2.31. The van der Waals surface area contributed by atoms with E-state index in [1.165, 1.54) is 0 Å². The second-order valence-corrected chi connectivity index (χ2v) is 6.98. The lowest BCUT2D eigenvalue weighted by atomic mass is 10.0. The summed E-state index contributed by atoms with van der Waals surface area (Å²) in [5.74, 6) is 0. The molecule has 0 aliphatic heterocycles. The summed E-state index contributed by atoms with van der Waals surface area (Å²) in [6.07, 6.45) is 3.51. The molecular weight excluding hydrogens is 292 g/mol. The van der Waals surface area contributed by atoms with E-state index in [0.29, 0.717) is 6.42 Å². The molecule has 0 bridgehead atoms. The topological polar surface area (TPSA) is 99.3 Å². The molecule has 0 atom stereocenters.